The molecule has 0 amide bonds. The number of ether oxygens (including phenoxy) is 2. The summed E-state index contributed by atoms with van der Waals surface area (Å²) in [5.74, 6) is 1.38. The van der Waals surface area contributed by atoms with E-state index in [-0.39, 0.29) is 5.82 Å². The Labute approximate surface area is 156 Å². The van der Waals surface area contributed by atoms with Crippen LogP contribution < -0.4 is 15.2 Å². The van der Waals surface area contributed by atoms with Crippen molar-refractivity contribution in [1.82, 2.24) is 4.98 Å². The van der Waals surface area contributed by atoms with E-state index in [2.05, 4.69) is 11.1 Å². The first-order valence-corrected chi connectivity index (χ1v) is 8.14. The van der Waals surface area contributed by atoms with Gasteiger partial charge in [0.25, 0.3) is 0 Å². The zero-order chi connectivity index (χ0) is 18.7. The molecule has 0 aliphatic rings. The third-order valence-electron chi connectivity index (χ3n) is 3.99. The van der Waals surface area contributed by atoms with E-state index in [1.807, 2.05) is 30.3 Å². The van der Waals surface area contributed by atoms with Crippen LogP contribution in [0, 0.1) is 11.3 Å². The number of halogens is 1. The second-order valence-electron chi connectivity index (χ2n) is 5.50. The van der Waals surface area contributed by atoms with Crippen molar-refractivity contribution in [2.24, 2.45) is 0 Å². The number of rotatable bonds is 4. The Balaban J connectivity index is 2.18. The molecule has 26 heavy (non-hydrogen) atoms. The molecule has 5 nitrogen and oxygen atoms in total. The van der Waals surface area contributed by atoms with Crippen LogP contribution in [0.1, 0.15) is 5.56 Å². The van der Waals surface area contributed by atoms with Gasteiger partial charge in [-0.25, -0.2) is 4.98 Å². The summed E-state index contributed by atoms with van der Waals surface area (Å²) in [6.07, 6.45) is 0. The molecule has 2 aromatic carbocycles. The van der Waals surface area contributed by atoms with E-state index in [9.17, 15) is 5.26 Å². The summed E-state index contributed by atoms with van der Waals surface area (Å²) in [5.41, 5.74) is 9.34. The lowest BCUT2D eigenvalue weighted by molar-refractivity contribution is 0.355. The van der Waals surface area contributed by atoms with Gasteiger partial charge in [0.05, 0.1) is 19.9 Å². The third-order valence-corrected chi connectivity index (χ3v) is 4.25. The number of nitrogens with zero attached hydrogens (tertiary/aromatic N) is 2. The molecular formula is C20H16ClN3O2. The molecule has 130 valence electrons. The predicted molar refractivity (Wildman–Crippen MR) is 102 cm³/mol. The van der Waals surface area contributed by atoms with Crippen LogP contribution in [0.2, 0.25) is 5.02 Å². The second kappa shape index (κ2) is 7.34. The van der Waals surface area contributed by atoms with Crippen molar-refractivity contribution in [3.05, 3.63) is 59.1 Å². The summed E-state index contributed by atoms with van der Waals surface area (Å²) in [7, 11) is 3.15. The SMILES string of the molecule is COc1ccc(-c2cc(-c3ccc(Cl)cc3)c(C#N)c(N)n2)cc1OC. The van der Waals surface area contributed by atoms with Crippen molar-refractivity contribution in [2.75, 3.05) is 20.0 Å². The number of hydrogen-bond acceptors (Lipinski definition) is 5. The number of pyridine rings is 1. The predicted octanol–water partition coefficient (Wildman–Crippen LogP) is 4.54. The maximum absolute atomic E-state index is 9.49. The number of methoxy groups -OCH3 is 2. The van der Waals surface area contributed by atoms with Gasteiger partial charge in [0.15, 0.2) is 11.5 Å². The lowest BCUT2D eigenvalue weighted by Crippen LogP contribution is -2.00. The van der Waals surface area contributed by atoms with Crippen molar-refractivity contribution < 1.29 is 9.47 Å². The van der Waals surface area contributed by atoms with Crippen molar-refractivity contribution in [3.8, 4) is 40.0 Å². The molecule has 0 aliphatic carbocycles. The smallest absolute Gasteiger partial charge is 0.161 e. The Kier molecular flexibility index (Phi) is 4.97. The summed E-state index contributed by atoms with van der Waals surface area (Å²) >= 11 is 5.97. The van der Waals surface area contributed by atoms with E-state index in [0.717, 1.165) is 11.1 Å². The summed E-state index contributed by atoms with van der Waals surface area (Å²) in [5, 5.41) is 10.1. The number of nitriles is 1. The quantitative estimate of drug-likeness (QED) is 0.734. The molecule has 0 radical (unpaired) electrons. The fourth-order valence-electron chi connectivity index (χ4n) is 2.68. The first-order valence-electron chi connectivity index (χ1n) is 7.76. The van der Waals surface area contributed by atoms with Crippen LogP contribution in [0.5, 0.6) is 11.5 Å². The van der Waals surface area contributed by atoms with Crippen LogP contribution in [0.4, 0.5) is 5.82 Å². The number of benzene rings is 2. The number of nitrogens with two attached hydrogens (primary N) is 1. The van der Waals surface area contributed by atoms with Crippen molar-refractivity contribution in [1.29, 1.82) is 5.26 Å². The second-order valence-corrected chi connectivity index (χ2v) is 5.94. The van der Waals surface area contributed by atoms with E-state index >= 15 is 0 Å². The summed E-state index contributed by atoms with van der Waals surface area (Å²) in [4.78, 5) is 4.38. The number of hydrogen-bond donors (Lipinski definition) is 1. The summed E-state index contributed by atoms with van der Waals surface area (Å²) in [6, 6.07) is 16.7. The number of aromatic nitrogens is 1. The first-order chi connectivity index (χ1) is 12.6. The minimum Gasteiger partial charge on any atom is -0.493 e. The molecule has 2 N–H and O–H groups in total. The topological polar surface area (TPSA) is 81.2 Å². The van der Waals surface area contributed by atoms with Crippen LogP contribution in [-0.2, 0) is 0 Å². The lowest BCUT2D eigenvalue weighted by atomic mass is 9.98. The maximum Gasteiger partial charge on any atom is 0.161 e. The van der Waals surface area contributed by atoms with Crippen LogP contribution in [0.25, 0.3) is 22.4 Å². The lowest BCUT2D eigenvalue weighted by Gasteiger charge is -2.12. The molecule has 0 atom stereocenters. The average molecular weight is 366 g/mol. The molecule has 3 aromatic rings. The van der Waals surface area contributed by atoms with E-state index in [4.69, 9.17) is 26.8 Å². The highest BCUT2D eigenvalue weighted by Crippen LogP contribution is 2.35. The van der Waals surface area contributed by atoms with Gasteiger partial charge in [0, 0.05) is 16.1 Å². The number of anilines is 1. The van der Waals surface area contributed by atoms with E-state index in [0.29, 0.717) is 33.3 Å². The van der Waals surface area contributed by atoms with Gasteiger partial charge in [-0.2, -0.15) is 5.26 Å². The fraction of sp³-hybridized carbons (Fsp3) is 0.100. The molecule has 0 fully saturated rings. The standard InChI is InChI=1S/C20H16ClN3O2/c1-25-18-8-5-13(9-19(18)26-2)17-10-15(16(11-22)20(23)24-17)12-3-6-14(21)7-4-12/h3-10H,1-2H3,(H2,23,24). The Morgan fingerprint density at radius 2 is 1.62 bits per heavy atom. The molecule has 0 spiro atoms. The van der Waals surface area contributed by atoms with Gasteiger partial charge in [-0.3, -0.25) is 0 Å². The Morgan fingerprint density at radius 1 is 0.962 bits per heavy atom. The summed E-state index contributed by atoms with van der Waals surface area (Å²) in [6.45, 7) is 0. The first kappa shape index (κ1) is 17.6. The average Bonchev–Trinajstić information content (AvgIpc) is 2.67. The Bertz CT molecular complexity index is 995. The number of nitrogen functional groups attached to an aromatic ring is 1. The largest absolute Gasteiger partial charge is 0.493 e. The van der Waals surface area contributed by atoms with Gasteiger partial charge in [0.1, 0.15) is 17.5 Å². The molecule has 0 bridgehead atoms. The molecule has 0 saturated heterocycles. The fourth-order valence-corrected chi connectivity index (χ4v) is 2.81. The van der Waals surface area contributed by atoms with Gasteiger partial charge in [0.2, 0.25) is 0 Å². The zero-order valence-corrected chi connectivity index (χ0v) is 15.0. The highest BCUT2D eigenvalue weighted by atomic mass is 35.5. The summed E-state index contributed by atoms with van der Waals surface area (Å²) < 4.78 is 10.6. The van der Waals surface area contributed by atoms with E-state index in [1.165, 1.54) is 0 Å². The molecule has 0 unspecified atom stereocenters. The van der Waals surface area contributed by atoms with Crippen LogP contribution in [-0.4, -0.2) is 19.2 Å². The molecule has 3 rings (SSSR count). The van der Waals surface area contributed by atoms with Crippen molar-refractivity contribution in [2.45, 2.75) is 0 Å². The maximum atomic E-state index is 9.49. The molecule has 1 aromatic heterocycles. The van der Waals surface area contributed by atoms with Crippen molar-refractivity contribution >= 4 is 17.4 Å². The zero-order valence-electron chi connectivity index (χ0n) is 14.3. The Hall–Kier alpha value is -3.23. The van der Waals surface area contributed by atoms with Gasteiger partial charge >= 0.3 is 0 Å². The van der Waals surface area contributed by atoms with Gasteiger partial charge in [-0.05, 0) is 42.0 Å². The third kappa shape index (κ3) is 3.28. The van der Waals surface area contributed by atoms with Crippen molar-refractivity contribution in [3.63, 3.8) is 0 Å². The normalized spacial score (nSPS) is 10.2. The van der Waals surface area contributed by atoms with Crippen LogP contribution in [0.3, 0.4) is 0 Å². The molecule has 0 saturated carbocycles. The minimum atomic E-state index is 0.171. The van der Waals surface area contributed by atoms with Gasteiger partial charge in [-0.15, -0.1) is 0 Å². The molecule has 6 heteroatoms. The molecular weight excluding hydrogens is 350 g/mol. The van der Waals surface area contributed by atoms with E-state index < -0.39 is 0 Å². The van der Waals surface area contributed by atoms with Crippen LogP contribution >= 0.6 is 11.6 Å². The van der Waals surface area contributed by atoms with Crippen LogP contribution in [0.15, 0.2) is 48.5 Å². The van der Waals surface area contributed by atoms with Gasteiger partial charge < -0.3 is 15.2 Å². The van der Waals surface area contributed by atoms with Gasteiger partial charge in [-0.1, -0.05) is 23.7 Å². The minimum absolute atomic E-state index is 0.171. The monoisotopic (exact) mass is 365 g/mol. The molecule has 0 aliphatic heterocycles. The molecule has 1 heterocycles. The Morgan fingerprint density at radius 3 is 2.23 bits per heavy atom. The van der Waals surface area contributed by atoms with E-state index in [1.54, 1.807) is 32.4 Å². The highest BCUT2D eigenvalue weighted by Gasteiger charge is 2.15. The highest BCUT2D eigenvalue weighted by molar-refractivity contribution is 6.30.